The molecule has 0 saturated carbocycles. The predicted octanol–water partition coefficient (Wildman–Crippen LogP) is 2.63. The van der Waals surface area contributed by atoms with E-state index in [1.165, 1.54) is 30.8 Å². The van der Waals surface area contributed by atoms with Gasteiger partial charge in [0, 0.05) is 23.4 Å². The van der Waals surface area contributed by atoms with Gasteiger partial charge in [0.2, 0.25) is 0 Å². The number of ketones is 1. The number of methoxy groups -OCH3 is 1. The lowest BCUT2D eigenvalue weighted by Crippen LogP contribution is -2.55. The SMILES string of the molecule is C=C1C(=O)C(C)(C(=O)OC)C(CCc2cn(Cc3ccc(F)cc3F)nn2)OC1C. The van der Waals surface area contributed by atoms with E-state index in [1.54, 1.807) is 13.1 Å². The fourth-order valence-electron chi connectivity index (χ4n) is 3.56. The van der Waals surface area contributed by atoms with Crippen LogP contribution in [0.1, 0.15) is 31.5 Å². The monoisotopic (exact) mass is 419 g/mol. The summed E-state index contributed by atoms with van der Waals surface area (Å²) in [5.41, 5.74) is -0.408. The number of aromatic nitrogens is 3. The number of halogens is 2. The van der Waals surface area contributed by atoms with Crippen LogP contribution >= 0.6 is 0 Å². The third-order valence-electron chi connectivity index (χ3n) is 5.47. The van der Waals surface area contributed by atoms with Gasteiger partial charge in [-0.2, -0.15) is 0 Å². The number of benzene rings is 1. The summed E-state index contributed by atoms with van der Waals surface area (Å²) in [6.45, 7) is 7.03. The van der Waals surface area contributed by atoms with E-state index >= 15 is 0 Å². The molecule has 3 rings (SSSR count). The lowest BCUT2D eigenvalue weighted by Gasteiger charge is -2.41. The van der Waals surface area contributed by atoms with Crippen molar-refractivity contribution in [2.24, 2.45) is 5.41 Å². The molecular formula is C21H23F2N3O4. The van der Waals surface area contributed by atoms with Gasteiger partial charge in [-0.1, -0.05) is 17.9 Å². The molecule has 1 aromatic heterocycles. The zero-order valence-electron chi connectivity index (χ0n) is 17.0. The highest BCUT2D eigenvalue weighted by molar-refractivity contribution is 6.13. The van der Waals surface area contributed by atoms with Crippen LogP contribution in [0.4, 0.5) is 8.78 Å². The van der Waals surface area contributed by atoms with Crippen LogP contribution < -0.4 is 0 Å². The van der Waals surface area contributed by atoms with Crippen molar-refractivity contribution in [3.8, 4) is 0 Å². The van der Waals surface area contributed by atoms with Crippen LogP contribution in [-0.2, 0) is 32.0 Å². The fourth-order valence-corrected chi connectivity index (χ4v) is 3.56. The molecule has 0 radical (unpaired) electrons. The Kier molecular flexibility index (Phi) is 6.12. The number of rotatable bonds is 6. The Morgan fingerprint density at radius 3 is 2.80 bits per heavy atom. The molecule has 1 aliphatic heterocycles. The Bertz CT molecular complexity index is 990. The summed E-state index contributed by atoms with van der Waals surface area (Å²) in [4.78, 5) is 25.1. The summed E-state index contributed by atoms with van der Waals surface area (Å²) in [6, 6.07) is 3.34. The number of Topliss-reactive ketones (excluding diaryl/α,β-unsaturated/α-hetero) is 1. The van der Waals surface area contributed by atoms with Gasteiger partial charge in [-0.25, -0.2) is 13.5 Å². The first-order valence-electron chi connectivity index (χ1n) is 9.47. The second-order valence-corrected chi connectivity index (χ2v) is 7.50. The molecule has 1 aromatic carbocycles. The van der Waals surface area contributed by atoms with Crippen LogP contribution in [0.15, 0.2) is 36.5 Å². The van der Waals surface area contributed by atoms with E-state index in [2.05, 4.69) is 16.9 Å². The standard InChI is InChI=1S/C21H23F2N3O4/c1-12-13(2)30-18(21(3,19(12)27)20(28)29-4)8-7-16-11-26(25-24-16)10-14-5-6-15(22)9-17(14)23/h5-6,9,11,13,18H,1,7-8,10H2,2-4H3. The van der Waals surface area contributed by atoms with E-state index < -0.39 is 41.0 Å². The first-order chi connectivity index (χ1) is 14.2. The molecule has 3 unspecified atom stereocenters. The molecule has 3 atom stereocenters. The molecule has 7 nitrogen and oxygen atoms in total. The summed E-state index contributed by atoms with van der Waals surface area (Å²) >= 11 is 0. The van der Waals surface area contributed by atoms with Gasteiger partial charge in [0.1, 0.15) is 11.6 Å². The fraction of sp³-hybridized carbons (Fsp3) is 0.429. The molecule has 0 spiro atoms. The largest absolute Gasteiger partial charge is 0.468 e. The molecule has 1 fully saturated rings. The number of esters is 1. The highest BCUT2D eigenvalue weighted by Crippen LogP contribution is 2.39. The Hall–Kier alpha value is -2.94. The zero-order chi connectivity index (χ0) is 22.1. The molecule has 0 aliphatic carbocycles. The van der Waals surface area contributed by atoms with E-state index in [0.29, 0.717) is 18.5 Å². The molecule has 9 heteroatoms. The van der Waals surface area contributed by atoms with Crippen LogP contribution in [0.25, 0.3) is 0 Å². The minimum Gasteiger partial charge on any atom is -0.468 e. The minimum absolute atomic E-state index is 0.0915. The smallest absolute Gasteiger partial charge is 0.322 e. The summed E-state index contributed by atoms with van der Waals surface area (Å²) in [6.07, 6.45) is 1.08. The number of hydrogen-bond acceptors (Lipinski definition) is 6. The highest BCUT2D eigenvalue weighted by Gasteiger charge is 2.54. The van der Waals surface area contributed by atoms with E-state index in [-0.39, 0.29) is 17.7 Å². The Labute approximate surface area is 172 Å². The van der Waals surface area contributed by atoms with Crippen molar-refractivity contribution in [3.05, 3.63) is 59.4 Å². The van der Waals surface area contributed by atoms with Gasteiger partial charge in [-0.05, 0) is 32.8 Å². The predicted molar refractivity (Wildman–Crippen MR) is 102 cm³/mol. The lowest BCUT2D eigenvalue weighted by molar-refractivity contribution is -0.175. The number of ether oxygens (including phenoxy) is 2. The maximum Gasteiger partial charge on any atom is 0.322 e. The molecule has 2 heterocycles. The van der Waals surface area contributed by atoms with Crippen molar-refractivity contribution >= 4 is 11.8 Å². The van der Waals surface area contributed by atoms with Gasteiger partial charge < -0.3 is 9.47 Å². The number of hydrogen-bond donors (Lipinski definition) is 0. The molecular weight excluding hydrogens is 396 g/mol. The van der Waals surface area contributed by atoms with Crippen molar-refractivity contribution in [2.45, 2.75) is 45.4 Å². The van der Waals surface area contributed by atoms with E-state index in [1.807, 2.05) is 0 Å². The average Bonchev–Trinajstić information content (AvgIpc) is 3.17. The third kappa shape index (κ3) is 4.02. The normalized spacial score (nSPS) is 24.2. The second kappa shape index (κ2) is 8.43. The number of aryl methyl sites for hydroxylation is 1. The van der Waals surface area contributed by atoms with Gasteiger partial charge in [0.25, 0.3) is 0 Å². The van der Waals surface area contributed by atoms with Gasteiger partial charge in [0.15, 0.2) is 11.2 Å². The average molecular weight is 419 g/mol. The summed E-state index contributed by atoms with van der Waals surface area (Å²) < 4.78 is 39.1. The quantitative estimate of drug-likeness (QED) is 0.407. The maximum atomic E-state index is 13.8. The van der Waals surface area contributed by atoms with Crippen molar-refractivity contribution in [1.29, 1.82) is 0 Å². The summed E-state index contributed by atoms with van der Waals surface area (Å²) in [7, 11) is 1.22. The van der Waals surface area contributed by atoms with Crippen LogP contribution in [0.5, 0.6) is 0 Å². The third-order valence-corrected chi connectivity index (χ3v) is 5.47. The second-order valence-electron chi connectivity index (χ2n) is 7.50. The minimum atomic E-state index is -1.49. The highest BCUT2D eigenvalue weighted by atomic mass is 19.1. The topological polar surface area (TPSA) is 83.3 Å². The number of carbonyl (C=O) groups excluding carboxylic acids is 2. The summed E-state index contributed by atoms with van der Waals surface area (Å²) in [5, 5.41) is 8.01. The van der Waals surface area contributed by atoms with Gasteiger partial charge in [0.05, 0.1) is 31.6 Å². The van der Waals surface area contributed by atoms with Crippen molar-refractivity contribution < 1.29 is 27.8 Å². The van der Waals surface area contributed by atoms with E-state index in [0.717, 1.165) is 6.07 Å². The molecule has 2 aromatic rings. The van der Waals surface area contributed by atoms with Crippen molar-refractivity contribution in [2.75, 3.05) is 7.11 Å². The number of nitrogens with zero attached hydrogens (tertiary/aromatic N) is 3. The van der Waals surface area contributed by atoms with Crippen LogP contribution in [0, 0.1) is 17.0 Å². The van der Waals surface area contributed by atoms with Gasteiger partial charge >= 0.3 is 5.97 Å². The number of carbonyl (C=O) groups is 2. The Morgan fingerprint density at radius 2 is 2.13 bits per heavy atom. The molecule has 30 heavy (non-hydrogen) atoms. The van der Waals surface area contributed by atoms with Crippen LogP contribution in [0.3, 0.4) is 0 Å². The summed E-state index contributed by atoms with van der Waals surface area (Å²) in [5.74, 6) is -2.39. The molecule has 0 N–H and O–H groups in total. The molecule has 160 valence electrons. The molecule has 1 aliphatic rings. The van der Waals surface area contributed by atoms with Crippen LogP contribution in [-0.4, -0.2) is 46.1 Å². The molecule has 1 saturated heterocycles. The molecule has 0 amide bonds. The van der Waals surface area contributed by atoms with Crippen molar-refractivity contribution in [1.82, 2.24) is 15.0 Å². The van der Waals surface area contributed by atoms with Gasteiger partial charge in [-0.15, -0.1) is 5.10 Å². The first kappa shape index (κ1) is 21.8. The Balaban J connectivity index is 1.72. The maximum absolute atomic E-state index is 13.8. The van der Waals surface area contributed by atoms with Crippen molar-refractivity contribution in [3.63, 3.8) is 0 Å². The zero-order valence-corrected chi connectivity index (χ0v) is 17.0. The molecule has 0 bridgehead atoms. The van der Waals surface area contributed by atoms with Crippen LogP contribution in [0.2, 0.25) is 0 Å². The lowest BCUT2D eigenvalue weighted by atomic mass is 9.72. The first-order valence-corrected chi connectivity index (χ1v) is 9.47. The van der Waals surface area contributed by atoms with Gasteiger partial charge in [-0.3, -0.25) is 9.59 Å². The van der Waals surface area contributed by atoms with E-state index in [9.17, 15) is 18.4 Å². The Morgan fingerprint density at radius 1 is 1.40 bits per heavy atom. The van der Waals surface area contributed by atoms with E-state index in [4.69, 9.17) is 9.47 Å².